The average molecular weight is 586 g/mol. The Hall–Kier alpha value is -4.13. The van der Waals surface area contributed by atoms with Crippen molar-refractivity contribution < 1.29 is 19.1 Å². The van der Waals surface area contributed by atoms with Gasteiger partial charge in [-0.3, -0.25) is 9.59 Å². The number of alkyl carbamates (subject to hydrolysis) is 1. The van der Waals surface area contributed by atoms with Crippen molar-refractivity contribution in [3.8, 4) is 0 Å². The number of hydrogen-bond donors (Lipinski definition) is 2. The normalized spacial score (nSPS) is 13.1. The second-order valence-corrected chi connectivity index (χ2v) is 13.3. The van der Waals surface area contributed by atoms with Gasteiger partial charge in [-0.1, -0.05) is 72.3 Å². The molecule has 0 fully saturated rings. The van der Waals surface area contributed by atoms with Crippen LogP contribution in [0.5, 0.6) is 0 Å². The van der Waals surface area contributed by atoms with Gasteiger partial charge in [0.1, 0.15) is 17.7 Å². The van der Waals surface area contributed by atoms with Crippen LogP contribution in [0.1, 0.15) is 81.0 Å². The molecule has 0 aliphatic carbocycles. The number of anilines is 1. The van der Waals surface area contributed by atoms with Gasteiger partial charge in [0.05, 0.1) is 0 Å². The molecule has 3 aromatic carbocycles. The van der Waals surface area contributed by atoms with Gasteiger partial charge in [-0.05, 0) is 97.1 Å². The van der Waals surface area contributed by atoms with E-state index in [-0.39, 0.29) is 18.2 Å². The fraction of sp³-hybridized carbons (Fsp3) is 0.417. The molecule has 0 aromatic heterocycles. The van der Waals surface area contributed by atoms with Crippen LogP contribution in [0.15, 0.2) is 66.7 Å². The Kier molecular flexibility index (Phi) is 10.4. The number of rotatable bonds is 8. The third kappa shape index (κ3) is 8.93. The van der Waals surface area contributed by atoms with E-state index in [0.29, 0.717) is 0 Å². The van der Waals surface area contributed by atoms with Crippen LogP contribution in [0, 0.1) is 27.7 Å². The lowest BCUT2D eigenvalue weighted by Gasteiger charge is -2.43. The molecule has 2 unspecified atom stereocenters. The zero-order chi connectivity index (χ0) is 32.1. The van der Waals surface area contributed by atoms with Crippen molar-refractivity contribution in [3.05, 3.63) is 100 Å². The summed E-state index contributed by atoms with van der Waals surface area (Å²) in [5.41, 5.74) is 4.47. The number of benzene rings is 3. The van der Waals surface area contributed by atoms with Crippen molar-refractivity contribution >= 4 is 23.6 Å². The first kappa shape index (κ1) is 33.4. The molecule has 0 radical (unpaired) electrons. The Morgan fingerprint density at radius 2 is 1.40 bits per heavy atom. The van der Waals surface area contributed by atoms with Crippen LogP contribution in [0.2, 0.25) is 0 Å². The van der Waals surface area contributed by atoms with E-state index in [4.69, 9.17) is 4.74 Å². The molecule has 43 heavy (non-hydrogen) atoms. The molecular formula is C36H47N3O4. The van der Waals surface area contributed by atoms with E-state index in [1.807, 2.05) is 115 Å². The molecule has 2 N–H and O–H groups in total. The van der Waals surface area contributed by atoms with Gasteiger partial charge in [-0.15, -0.1) is 0 Å². The standard InChI is InChI=1S/C36H47N3O4/c1-23-19-20-24(2)28(21-23)31(32(40)38-30-25(3)15-14-16-26(30)4)39(35(5,6)7)33(41)29(22-27-17-12-11-13-18-27)37-34(42)43-36(8,9)10/h11-21,29,31H,22H2,1-10H3,(H,37,42)(H,38,40). The molecule has 0 aliphatic rings. The monoisotopic (exact) mass is 585 g/mol. The van der Waals surface area contributed by atoms with E-state index >= 15 is 0 Å². The summed E-state index contributed by atoms with van der Waals surface area (Å²) in [6, 6.07) is 19.3. The molecule has 3 rings (SSSR count). The zero-order valence-corrected chi connectivity index (χ0v) is 27.3. The lowest BCUT2D eigenvalue weighted by molar-refractivity contribution is -0.146. The van der Waals surface area contributed by atoms with Crippen LogP contribution in [0.4, 0.5) is 10.5 Å². The minimum Gasteiger partial charge on any atom is -0.444 e. The number of nitrogens with zero attached hydrogens (tertiary/aromatic N) is 1. The van der Waals surface area contributed by atoms with Crippen molar-refractivity contribution in [2.24, 2.45) is 0 Å². The first-order valence-corrected chi connectivity index (χ1v) is 14.8. The van der Waals surface area contributed by atoms with Gasteiger partial charge >= 0.3 is 6.09 Å². The van der Waals surface area contributed by atoms with E-state index in [0.717, 1.165) is 39.1 Å². The molecule has 0 spiro atoms. The maximum atomic E-state index is 14.8. The number of para-hydroxylation sites is 1. The largest absolute Gasteiger partial charge is 0.444 e. The molecule has 2 atom stereocenters. The first-order chi connectivity index (χ1) is 20.0. The molecule has 0 aliphatic heterocycles. The molecule has 7 heteroatoms. The molecule has 0 bridgehead atoms. The molecule has 7 nitrogen and oxygen atoms in total. The number of ether oxygens (including phenoxy) is 1. The van der Waals surface area contributed by atoms with Crippen LogP contribution in [0.25, 0.3) is 0 Å². The average Bonchev–Trinajstić information content (AvgIpc) is 2.89. The number of hydrogen-bond acceptors (Lipinski definition) is 4. The fourth-order valence-corrected chi connectivity index (χ4v) is 5.17. The number of amides is 3. The molecule has 3 aromatic rings. The SMILES string of the molecule is Cc1ccc(C)c(C(C(=O)Nc2c(C)cccc2C)N(C(=O)C(Cc2ccccc2)NC(=O)OC(C)(C)C)C(C)(C)C)c1. The van der Waals surface area contributed by atoms with E-state index in [1.54, 1.807) is 25.7 Å². The first-order valence-electron chi connectivity index (χ1n) is 14.8. The number of carbonyl (C=O) groups excluding carboxylic acids is 3. The minimum absolute atomic E-state index is 0.226. The summed E-state index contributed by atoms with van der Waals surface area (Å²) in [4.78, 5) is 43.9. The van der Waals surface area contributed by atoms with Crippen molar-refractivity contribution in [1.82, 2.24) is 10.2 Å². The summed E-state index contributed by atoms with van der Waals surface area (Å²) >= 11 is 0. The highest BCUT2D eigenvalue weighted by atomic mass is 16.6. The Bertz CT molecular complexity index is 1430. The van der Waals surface area contributed by atoms with Gasteiger partial charge < -0.3 is 20.3 Å². The highest BCUT2D eigenvalue weighted by molar-refractivity contribution is 6.00. The number of nitrogens with one attached hydrogen (secondary N) is 2. The molecule has 230 valence electrons. The summed E-state index contributed by atoms with van der Waals surface area (Å²) in [6.07, 6.45) is -0.470. The molecule has 3 amide bonds. The van der Waals surface area contributed by atoms with Crippen LogP contribution in [-0.4, -0.2) is 40.0 Å². The zero-order valence-electron chi connectivity index (χ0n) is 27.3. The third-order valence-corrected chi connectivity index (χ3v) is 7.20. The summed E-state index contributed by atoms with van der Waals surface area (Å²) in [5.74, 6) is -0.713. The van der Waals surface area contributed by atoms with E-state index in [9.17, 15) is 14.4 Å². The minimum atomic E-state index is -0.989. The lowest BCUT2D eigenvalue weighted by atomic mass is 9.91. The molecule has 0 saturated carbocycles. The smallest absolute Gasteiger partial charge is 0.408 e. The highest BCUT2D eigenvalue weighted by Gasteiger charge is 2.42. The van der Waals surface area contributed by atoms with Gasteiger partial charge in [0.15, 0.2) is 0 Å². The fourth-order valence-electron chi connectivity index (χ4n) is 5.17. The predicted octanol–water partition coefficient (Wildman–Crippen LogP) is 7.36. The molecule has 0 heterocycles. The third-order valence-electron chi connectivity index (χ3n) is 7.20. The highest BCUT2D eigenvalue weighted by Crippen LogP contribution is 2.34. The second-order valence-electron chi connectivity index (χ2n) is 13.3. The van der Waals surface area contributed by atoms with Crippen molar-refractivity contribution in [1.29, 1.82) is 0 Å². The summed E-state index contributed by atoms with van der Waals surface area (Å²) in [7, 11) is 0. The maximum Gasteiger partial charge on any atom is 0.408 e. The van der Waals surface area contributed by atoms with Crippen LogP contribution in [0.3, 0.4) is 0 Å². The van der Waals surface area contributed by atoms with Gasteiger partial charge in [0, 0.05) is 17.6 Å². The van der Waals surface area contributed by atoms with Crippen molar-refractivity contribution in [2.45, 2.75) is 98.9 Å². The Morgan fingerprint density at radius 3 is 1.95 bits per heavy atom. The van der Waals surface area contributed by atoms with Gasteiger partial charge in [-0.2, -0.15) is 0 Å². The summed E-state index contributed by atoms with van der Waals surface area (Å²) < 4.78 is 5.55. The quantitative estimate of drug-likeness (QED) is 0.289. The van der Waals surface area contributed by atoms with Crippen LogP contribution < -0.4 is 10.6 Å². The van der Waals surface area contributed by atoms with Gasteiger partial charge in [0.25, 0.3) is 5.91 Å². The van der Waals surface area contributed by atoms with Gasteiger partial charge in [-0.25, -0.2) is 4.79 Å². The number of aryl methyl sites for hydroxylation is 4. The van der Waals surface area contributed by atoms with Crippen molar-refractivity contribution in [2.75, 3.05) is 5.32 Å². The summed E-state index contributed by atoms with van der Waals surface area (Å²) in [6.45, 7) is 18.8. The van der Waals surface area contributed by atoms with E-state index < -0.39 is 29.3 Å². The van der Waals surface area contributed by atoms with Gasteiger partial charge in [0.2, 0.25) is 5.91 Å². The lowest BCUT2D eigenvalue weighted by Crippen LogP contribution is -2.58. The molecular weight excluding hydrogens is 538 g/mol. The molecule has 0 saturated heterocycles. The predicted molar refractivity (Wildman–Crippen MR) is 173 cm³/mol. The maximum absolute atomic E-state index is 14.8. The van der Waals surface area contributed by atoms with Crippen LogP contribution in [-0.2, 0) is 20.7 Å². The summed E-state index contributed by atoms with van der Waals surface area (Å²) in [5, 5.41) is 5.98. The topological polar surface area (TPSA) is 87.7 Å². The van der Waals surface area contributed by atoms with E-state index in [1.165, 1.54) is 0 Å². The number of carbonyl (C=O) groups is 3. The van der Waals surface area contributed by atoms with Crippen LogP contribution >= 0.6 is 0 Å². The van der Waals surface area contributed by atoms with E-state index in [2.05, 4.69) is 10.6 Å². The Morgan fingerprint density at radius 1 is 0.791 bits per heavy atom. The van der Waals surface area contributed by atoms with Crippen molar-refractivity contribution in [3.63, 3.8) is 0 Å². The second kappa shape index (κ2) is 13.4. The Labute approximate surface area is 257 Å². The Balaban J connectivity index is 2.17.